The Morgan fingerprint density at radius 2 is 1.72 bits per heavy atom. The Bertz CT molecular complexity index is 1060. The van der Waals surface area contributed by atoms with E-state index in [0.29, 0.717) is 18.9 Å². The number of urea groups is 1. The minimum atomic E-state index is -5.15. The van der Waals surface area contributed by atoms with E-state index in [0.717, 1.165) is 25.3 Å². The molecule has 1 aliphatic rings. The molecule has 2 aromatic carbocycles. The first kappa shape index (κ1) is 22.8. The van der Waals surface area contributed by atoms with Crippen molar-refractivity contribution in [2.75, 3.05) is 14.2 Å². The predicted octanol–water partition coefficient (Wildman–Crippen LogP) is 3.24. The molecule has 0 saturated carbocycles. The van der Waals surface area contributed by atoms with E-state index in [1.54, 1.807) is 5.32 Å². The highest BCUT2D eigenvalue weighted by Crippen LogP contribution is 2.46. The first-order valence-corrected chi connectivity index (χ1v) is 9.26. The van der Waals surface area contributed by atoms with Crippen molar-refractivity contribution in [3.63, 3.8) is 0 Å². The molecule has 0 saturated heterocycles. The molecule has 0 heterocycles. The third-order valence-corrected chi connectivity index (χ3v) is 4.97. The predicted molar refractivity (Wildman–Crippen MR) is 105 cm³/mol. The van der Waals surface area contributed by atoms with Crippen LogP contribution in [0.25, 0.3) is 0 Å². The second-order valence-corrected chi connectivity index (χ2v) is 6.94. The van der Waals surface area contributed by atoms with Gasteiger partial charge >= 0.3 is 17.9 Å². The van der Waals surface area contributed by atoms with E-state index in [9.17, 15) is 32.9 Å². The number of rotatable bonds is 5. The number of halogens is 3. The van der Waals surface area contributed by atoms with Crippen LogP contribution in [-0.2, 0) is 19.0 Å². The van der Waals surface area contributed by atoms with Gasteiger partial charge in [-0.15, -0.1) is 0 Å². The van der Waals surface area contributed by atoms with Crippen LogP contribution >= 0.6 is 0 Å². The molecule has 32 heavy (non-hydrogen) atoms. The zero-order valence-electron chi connectivity index (χ0n) is 16.9. The standard InChI is InChI=1S/C20H18F3N3O6/c1-31-14-9-13(20(21,22)23)15(16(26(29)30)17(14)32-2)18(27)25-19(28)24-12-7-10-5-3-4-6-11(10)8-12/h3-6,9,12H,7-8H2,1-2H3,(H2,24,25,27,28). The van der Waals surface area contributed by atoms with Crippen LogP contribution < -0.4 is 20.1 Å². The molecule has 3 rings (SSSR count). The SMILES string of the molecule is COc1cc(C(F)(F)F)c(C(=O)NC(=O)NC2Cc3ccccc3C2)c([N+](=O)[O-])c1OC. The fourth-order valence-corrected chi connectivity index (χ4v) is 3.65. The third kappa shape index (κ3) is 4.43. The summed E-state index contributed by atoms with van der Waals surface area (Å²) in [7, 11) is 1.97. The number of imide groups is 1. The molecule has 170 valence electrons. The van der Waals surface area contributed by atoms with Crippen LogP contribution in [0, 0.1) is 10.1 Å². The van der Waals surface area contributed by atoms with Crippen LogP contribution in [0.3, 0.4) is 0 Å². The Morgan fingerprint density at radius 3 is 2.19 bits per heavy atom. The smallest absolute Gasteiger partial charge is 0.417 e. The molecule has 0 aliphatic heterocycles. The Kier molecular flexibility index (Phi) is 6.23. The largest absolute Gasteiger partial charge is 0.493 e. The van der Waals surface area contributed by atoms with Gasteiger partial charge in [-0.25, -0.2) is 4.79 Å². The lowest BCUT2D eigenvalue weighted by atomic mass is 10.0. The Hall–Kier alpha value is -3.83. The van der Waals surface area contributed by atoms with E-state index in [1.165, 1.54) is 0 Å². The molecule has 0 bridgehead atoms. The number of nitrogens with zero attached hydrogens (tertiary/aromatic N) is 1. The van der Waals surface area contributed by atoms with Gasteiger partial charge in [-0.05, 0) is 30.0 Å². The van der Waals surface area contributed by atoms with Gasteiger partial charge in [-0.3, -0.25) is 20.2 Å². The molecular formula is C20H18F3N3O6. The highest BCUT2D eigenvalue weighted by atomic mass is 19.4. The maximum Gasteiger partial charge on any atom is 0.417 e. The van der Waals surface area contributed by atoms with Crippen LogP contribution in [0.1, 0.15) is 27.0 Å². The summed E-state index contributed by atoms with van der Waals surface area (Å²) in [6.45, 7) is 0. The second-order valence-electron chi connectivity index (χ2n) is 6.94. The summed E-state index contributed by atoms with van der Waals surface area (Å²) in [6.07, 6.45) is -4.20. The monoisotopic (exact) mass is 453 g/mol. The van der Waals surface area contributed by atoms with Gasteiger partial charge < -0.3 is 14.8 Å². The maximum absolute atomic E-state index is 13.6. The number of nitro groups is 1. The third-order valence-electron chi connectivity index (χ3n) is 4.97. The Labute approximate surface area is 179 Å². The molecule has 0 radical (unpaired) electrons. The molecule has 2 N–H and O–H groups in total. The number of nitro benzene ring substituents is 1. The lowest BCUT2D eigenvalue weighted by Crippen LogP contribution is -2.45. The van der Waals surface area contributed by atoms with Crippen molar-refractivity contribution in [2.24, 2.45) is 0 Å². The average molecular weight is 453 g/mol. The molecule has 0 aromatic heterocycles. The molecule has 9 nitrogen and oxygen atoms in total. The van der Waals surface area contributed by atoms with Crippen LogP contribution in [0.4, 0.5) is 23.7 Å². The van der Waals surface area contributed by atoms with E-state index in [-0.39, 0.29) is 6.04 Å². The minimum absolute atomic E-state index is 0.386. The first-order chi connectivity index (χ1) is 15.1. The number of hydrogen-bond acceptors (Lipinski definition) is 6. The summed E-state index contributed by atoms with van der Waals surface area (Å²) in [5, 5.41) is 15.8. The summed E-state index contributed by atoms with van der Waals surface area (Å²) in [5.41, 5.74) is -2.26. The molecule has 1 aliphatic carbocycles. The normalized spacial score (nSPS) is 13.3. The summed E-state index contributed by atoms with van der Waals surface area (Å²) in [5.74, 6) is -2.86. The van der Waals surface area contributed by atoms with Crippen LogP contribution in [0.15, 0.2) is 30.3 Å². The summed E-state index contributed by atoms with van der Waals surface area (Å²) >= 11 is 0. The number of fused-ring (bicyclic) bond motifs is 1. The van der Waals surface area contributed by atoms with Gasteiger partial charge in [-0.1, -0.05) is 24.3 Å². The molecule has 0 atom stereocenters. The molecule has 0 fully saturated rings. The van der Waals surface area contributed by atoms with Gasteiger partial charge in [0, 0.05) is 6.04 Å². The van der Waals surface area contributed by atoms with Crippen molar-refractivity contribution < 1.29 is 37.2 Å². The molecule has 12 heteroatoms. The molecule has 0 unspecified atom stereocenters. The fourth-order valence-electron chi connectivity index (χ4n) is 3.65. The number of carbonyl (C=O) groups excluding carboxylic acids is 2. The number of alkyl halides is 3. The lowest BCUT2D eigenvalue weighted by molar-refractivity contribution is -0.386. The maximum atomic E-state index is 13.6. The van der Waals surface area contributed by atoms with Gasteiger partial charge in [0.1, 0.15) is 5.56 Å². The minimum Gasteiger partial charge on any atom is -0.493 e. The molecular weight excluding hydrogens is 435 g/mol. The van der Waals surface area contributed by atoms with Crippen molar-refractivity contribution in [3.05, 3.63) is 62.7 Å². The van der Waals surface area contributed by atoms with E-state index >= 15 is 0 Å². The van der Waals surface area contributed by atoms with Crippen molar-refractivity contribution >= 4 is 17.6 Å². The van der Waals surface area contributed by atoms with Crippen LogP contribution in [0.5, 0.6) is 11.5 Å². The first-order valence-electron chi connectivity index (χ1n) is 9.26. The summed E-state index contributed by atoms with van der Waals surface area (Å²) in [4.78, 5) is 35.3. The van der Waals surface area contributed by atoms with Gasteiger partial charge in [0.15, 0.2) is 5.75 Å². The number of ether oxygens (including phenoxy) is 2. The average Bonchev–Trinajstić information content (AvgIpc) is 3.12. The van der Waals surface area contributed by atoms with Gasteiger partial charge in [-0.2, -0.15) is 13.2 Å². The van der Waals surface area contributed by atoms with Crippen molar-refractivity contribution in [2.45, 2.75) is 25.1 Å². The van der Waals surface area contributed by atoms with E-state index < -0.39 is 51.4 Å². The topological polar surface area (TPSA) is 120 Å². The molecule has 2 aromatic rings. The Morgan fingerprint density at radius 1 is 1.12 bits per heavy atom. The van der Waals surface area contributed by atoms with E-state index in [2.05, 4.69) is 5.32 Å². The summed E-state index contributed by atoms with van der Waals surface area (Å²) < 4.78 is 50.4. The quantitative estimate of drug-likeness (QED) is 0.530. The van der Waals surface area contributed by atoms with Crippen molar-refractivity contribution in [1.82, 2.24) is 10.6 Å². The zero-order valence-corrected chi connectivity index (χ0v) is 16.9. The number of amides is 3. The number of hydrogen-bond donors (Lipinski definition) is 2. The molecule has 0 spiro atoms. The van der Waals surface area contributed by atoms with Crippen LogP contribution in [-0.4, -0.2) is 37.1 Å². The van der Waals surface area contributed by atoms with Gasteiger partial charge in [0.25, 0.3) is 5.91 Å². The van der Waals surface area contributed by atoms with E-state index in [4.69, 9.17) is 9.47 Å². The number of benzene rings is 2. The van der Waals surface area contributed by atoms with Crippen molar-refractivity contribution in [3.8, 4) is 11.5 Å². The van der Waals surface area contributed by atoms with Gasteiger partial charge in [0.2, 0.25) is 5.75 Å². The second kappa shape index (κ2) is 8.73. The number of carbonyl (C=O) groups is 2. The zero-order chi connectivity index (χ0) is 23.6. The highest BCUT2D eigenvalue weighted by Gasteiger charge is 2.43. The number of nitrogens with one attached hydrogen (secondary N) is 2. The molecule has 3 amide bonds. The van der Waals surface area contributed by atoms with E-state index in [1.807, 2.05) is 24.3 Å². The highest BCUT2D eigenvalue weighted by molar-refractivity contribution is 6.08. The van der Waals surface area contributed by atoms with Crippen LogP contribution in [0.2, 0.25) is 0 Å². The van der Waals surface area contributed by atoms with Gasteiger partial charge in [0.05, 0.1) is 24.7 Å². The Balaban J connectivity index is 1.91. The number of methoxy groups -OCH3 is 2. The van der Waals surface area contributed by atoms with Crippen molar-refractivity contribution in [1.29, 1.82) is 0 Å². The fraction of sp³-hybridized carbons (Fsp3) is 0.300. The summed E-state index contributed by atoms with van der Waals surface area (Å²) in [6, 6.07) is 6.37. The lowest BCUT2D eigenvalue weighted by Gasteiger charge is -2.18.